The number of carbonyl (C=O) groups excluding carboxylic acids is 2. The van der Waals surface area contributed by atoms with E-state index in [9.17, 15) is 9.59 Å². The van der Waals surface area contributed by atoms with Crippen molar-refractivity contribution in [2.75, 3.05) is 0 Å². The Kier molecular flexibility index (Phi) is 4.68. The molecule has 0 amide bonds. The molecule has 0 radical (unpaired) electrons. The summed E-state index contributed by atoms with van der Waals surface area (Å²) in [6, 6.07) is 0. The Morgan fingerprint density at radius 2 is 1.77 bits per heavy atom. The molecule has 6 atom stereocenters. The van der Waals surface area contributed by atoms with E-state index in [2.05, 4.69) is 26.8 Å². The quantitative estimate of drug-likeness (QED) is 0.588. The predicted molar refractivity (Wildman–Crippen MR) is 105 cm³/mol. The van der Waals surface area contributed by atoms with Crippen LogP contribution in [0.1, 0.15) is 91.4 Å². The molecule has 0 aromatic carbocycles. The predicted octanol–water partition coefficient (Wildman–Crippen LogP) is 5.89. The van der Waals surface area contributed by atoms with E-state index in [4.69, 9.17) is 0 Å². The lowest BCUT2D eigenvalue weighted by atomic mass is 9.45. The van der Waals surface area contributed by atoms with E-state index in [1.54, 1.807) is 0 Å². The molecule has 0 aliphatic heterocycles. The van der Waals surface area contributed by atoms with Gasteiger partial charge in [0, 0.05) is 18.3 Å². The molecule has 0 aromatic heterocycles. The summed E-state index contributed by atoms with van der Waals surface area (Å²) in [6.07, 6.45) is 14.3. The molecule has 0 N–H and O–H groups in total. The van der Waals surface area contributed by atoms with E-state index < -0.39 is 0 Å². The molecule has 0 heterocycles. The van der Waals surface area contributed by atoms with Crippen LogP contribution in [0.5, 0.6) is 0 Å². The molecule has 3 saturated carbocycles. The number of fused-ring (bicyclic) bond motifs is 5. The molecule has 0 spiro atoms. The number of Topliss-reactive ketones (excluding diaryl/α,β-unsaturated/α-hetero) is 1. The van der Waals surface area contributed by atoms with Crippen molar-refractivity contribution < 1.29 is 9.59 Å². The number of rotatable bonds is 4. The van der Waals surface area contributed by atoms with Crippen LogP contribution < -0.4 is 0 Å². The second-order valence-corrected chi connectivity index (χ2v) is 10.2. The summed E-state index contributed by atoms with van der Waals surface area (Å²) in [5.41, 5.74) is 1.66. The maximum Gasteiger partial charge on any atom is 0.155 e. The highest BCUT2D eigenvalue weighted by atomic mass is 16.1. The number of carbonyl (C=O) groups is 2. The van der Waals surface area contributed by atoms with Gasteiger partial charge >= 0.3 is 0 Å². The van der Waals surface area contributed by atoms with E-state index in [0.717, 1.165) is 32.1 Å². The van der Waals surface area contributed by atoms with Crippen molar-refractivity contribution in [3.8, 4) is 0 Å². The zero-order valence-electron chi connectivity index (χ0n) is 17.0. The third kappa shape index (κ3) is 2.66. The van der Waals surface area contributed by atoms with E-state index in [1.807, 2.05) is 0 Å². The van der Waals surface area contributed by atoms with Crippen LogP contribution in [-0.4, -0.2) is 11.6 Å². The van der Waals surface area contributed by atoms with Crippen LogP contribution in [0.3, 0.4) is 0 Å². The van der Waals surface area contributed by atoms with Gasteiger partial charge in [0.15, 0.2) is 5.78 Å². The van der Waals surface area contributed by atoms with Crippen LogP contribution in [0.2, 0.25) is 0 Å². The summed E-state index contributed by atoms with van der Waals surface area (Å²) in [6.45, 7) is 7.00. The molecular weight excluding hydrogens is 320 g/mol. The Hall–Kier alpha value is -0.920. The van der Waals surface area contributed by atoms with Crippen molar-refractivity contribution in [2.45, 2.75) is 91.4 Å². The Labute approximate surface area is 159 Å². The Balaban J connectivity index is 1.68. The highest BCUT2D eigenvalue weighted by molar-refractivity contribution is 5.92. The number of allylic oxidation sites excluding steroid dienone is 1. The molecule has 2 heteroatoms. The number of hydrogen-bond donors (Lipinski definition) is 0. The summed E-state index contributed by atoms with van der Waals surface area (Å²) in [5.74, 6) is 3.45. The molecule has 3 fully saturated rings. The molecule has 0 bridgehead atoms. The molecule has 4 rings (SSSR count). The first kappa shape index (κ1) is 18.4. The molecule has 4 aliphatic rings. The van der Waals surface area contributed by atoms with Crippen molar-refractivity contribution in [3.63, 3.8) is 0 Å². The first-order chi connectivity index (χ1) is 12.4. The third-order valence-electron chi connectivity index (χ3n) is 8.98. The Morgan fingerprint density at radius 1 is 1.00 bits per heavy atom. The average molecular weight is 357 g/mol. The molecule has 2 nitrogen and oxygen atoms in total. The van der Waals surface area contributed by atoms with E-state index >= 15 is 0 Å². The molecule has 0 saturated heterocycles. The van der Waals surface area contributed by atoms with Crippen LogP contribution in [-0.2, 0) is 9.59 Å². The van der Waals surface area contributed by atoms with Gasteiger partial charge in [0.1, 0.15) is 5.78 Å². The fraction of sp³-hybridized carbons (Fsp3) is 0.833. The van der Waals surface area contributed by atoms with Crippen molar-refractivity contribution >= 4 is 11.6 Å². The summed E-state index contributed by atoms with van der Waals surface area (Å²) in [4.78, 5) is 24.9. The molecule has 26 heavy (non-hydrogen) atoms. The van der Waals surface area contributed by atoms with Crippen LogP contribution >= 0.6 is 0 Å². The highest BCUT2D eigenvalue weighted by Crippen LogP contribution is 2.65. The van der Waals surface area contributed by atoms with Gasteiger partial charge < -0.3 is 0 Å². The lowest BCUT2D eigenvalue weighted by molar-refractivity contribution is -0.133. The first-order valence-electron chi connectivity index (χ1n) is 11.2. The summed E-state index contributed by atoms with van der Waals surface area (Å²) in [7, 11) is 0. The molecule has 4 aliphatic carbocycles. The van der Waals surface area contributed by atoms with Crippen molar-refractivity contribution in [1.82, 2.24) is 0 Å². The maximum absolute atomic E-state index is 12.6. The van der Waals surface area contributed by atoms with Gasteiger partial charge in [0.25, 0.3) is 0 Å². The fourth-order valence-electron chi connectivity index (χ4n) is 7.47. The van der Waals surface area contributed by atoms with Crippen LogP contribution in [0.4, 0.5) is 0 Å². The van der Waals surface area contributed by atoms with Gasteiger partial charge in [-0.2, -0.15) is 0 Å². The van der Waals surface area contributed by atoms with Gasteiger partial charge in [0.2, 0.25) is 0 Å². The minimum Gasteiger partial charge on any atom is -0.299 e. The summed E-state index contributed by atoms with van der Waals surface area (Å²) < 4.78 is 0. The van der Waals surface area contributed by atoms with Crippen molar-refractivity contribution in [3.05, 3.63) is 11.6 Å². The van der Waals surface area contributed by atoms with Gasteiger partial charge in [-0.3, -0.25) is 9.59 Å². The Morgan fingerprint density at radius 3 is 2.54 bits per heavy atom. The van der Waals surface area contributed by atoms with Gasteiger partial charge in [-0.25, -0.2) is 0 Å². The maximum atomic E-state index is 12.6. The van der Waals surface area contributed by atoms with E-state index in [0.29, 0.717) is 35.2 Å². The monoisotopic (exact) mass is 356 g/mol. The number of unbranched alkanes of at least 4 members (excludes halogenated alkanes) is 2. The van der Waals surface area contributed by atoms with Gasteiger partial charge in [-0.1, -0.05) is 45.6 Å². The van der Waals surface area contributed by atoms with Crippen LogP contribution in [0.15, 0.2) is 11.6 Å². The zero-order chi connectivity index (χ0) is 18.5. The minimum atomic E-state index is -0.0444. The Bertz CT molecular complexity index is 632. The molecule has 0 aromatic rings. The topological polar surface area (TPSA) is 34.1 Å². The van der Waals surface area contributed by atoms with Crippen molar-refractivity contribution in [2.24, 2.45) is 34.5 Å². The van der Waals surface area contributed by atoms with Gasteiger partial charge in [0.05, 0.1) is 0 Å². The zero-order valence-corrected chi connectivity index (χ0v) is 17.0. The van der Waals surface area contributed by atoms with E-state index in [-0.39, 0.29) is 10.8 Å². The first-order valence-corrected chi connectivity index (χ1v) is 11.2. The smallest absolute Gasteiger partial charge is 0.155 e. The number of hydrogen-bond acceptors (Lipinski definition) is 2. The largest absolute Gasteiger partial charge is 0.299 e. The standard InChI is InChI=1S/C24H36O2/c1-4-5-6-7-16-14-18-19-8-9-22(26)24(19,3)13-11-20(18)23(2)12-10-17(25)15-21(16)23/h15-16,18-20H,4-14H2,1-3H3. The molecule has 6 unspecified atom stereocenters. The summed E-state index contributed by atoms with van der Waals surface area (Å²) in [5, 5.41) is 0. The van der Waals surface area contributed by atoms with Gasteiger partial charge in [-0.05, 0) is 73.7 Å². The van der Waals surface area contributed by atoms with Crippen LogP contribution in [0.25, 0.3) is 0 Å². The molecular formula is C24H36O2. The third-order valence-corrected chi connectivity index (χ3v) is 8.98. The minimum absolute atomic E-state index is 0.0444. The second kappa shape index (κ2) is 6.60. The van der Waals surface area contributed by atoms with Crippen molar-refractivity contribution in [1.29, 1.82) is 0 Å². The second-order valence-electron chi connectivity index (χ2n) is 10.2. The van der Waals surface area contributed by atoms with E-state index in [1.165, 1.54) is 44.1 Å². The SMILES string of the molecule is CCCCCC1CC2C3CCC(=O)C3(C)CCC2C2(C)CCC(=O)C=C12. The summed E-state index contributed by atoms with van der Waals surface area (Å²) >= 11 is 0. The highest BCUT2D eigenvalue weighted by Gasteiger charge is 2.60. The van der Waals surface area contributed by atoms with Gasteiger partial charge in [-0.15, -0.1) is 0 Å². The molecule has 144 valence electrons. The van der Waals surface area contributed by atoms with Crippen LogP contribution in [0, 0.1) is 34.5 Å². The average Bonchev–Trinajstić information content (AvgIpc) is 2.92. The lowest BCUT2D eigenvalue weighted by Crippen LogP contribution is -2.52. The lowest BCUT2D eigenvalue weighted by Gasteiger charge is -2.59. The normalized spacial score (nSPS) is 45.0. The fourth-order valence-corrected chi connectivity index (χ4v) is 7.47. The number of ketones is 2.